The lowest BCUT2D eigenvalue weighted by Gasteiger charge is -2.08. The Kier molecular flexibility index (Phi) is 4.59. The number of benzene rings is 1. The Morgan fingerprint density at radius 3 is 2.65 bits per heavy atom. The molecular weight excluding hydrogens is 326 g/mol. The lowest BCUT2D eigenvalue weighted by molar-refractivity contribution is 0.581. The minimum absolute atomic E-state index is 0.0342. The van der Waals surface area contributed by atoms with Gasteiger partial charge in [0.1, 0.15) is 15.9 Å². The first kappa shape index (κ1) is 15.2. The van der Waals surface area contributed by atoms with Crippen molar-refractivity contribution in [3.8, 4) is 0 Å². The van der Waals surface area contributed by atoms with Gasteiger partial charge in [0, 0.05) is 12.7 Å². The Bertz CT molecular complexity index is 738. The average Bonchev–Trinajstić information content (AvgIpc) is 2.40. The first-order chi connectivity index (χ1) is 9.40. The molecule has 0 aliphatic heterocycles. The predicted octanol–water partition coefficient (Wildman–Crippen LogP) is 3.01. The molecule has 2 rings (SSSR count). The molecule has 2 aromatic rings. The van der Waals surface area contributed by atoms with E-state index in [2.05, 4.69) is 9.71 Å². The SMILES string of the molecule is O=S(=O)(NCc1ccc(F)c(Cl)c1)c1cccnc1Cl. The third-order valence-electron chi connectivity index (χ3n) is 2.46. The van der Waals surface area contributed by atoms with Crippen LogP contribution in [0.3, 0.4) is 0 Å². The van der Waals surface area contributed by atoms with Crippen molar-refractivity contribution < 1.29 is 12.8 Å². The molecule has 0 aliphatic rings. The Balaban J connectivity index is 2.17. The number of sulfonamides is 1. The molecule has 4 nitrogen and oxygen atoms in total. The first-order valence-corrected chi connectivity index (χ1v) is 7.68. The molecule has 0 spiro atoms. The smallest absolute Gasteiger partial charge is 0.243 e. The Morgan fingerprint density at radius 1 is 1.25 bits per heavy atom. The highest BCUT2D eigenvalue weighted by molar-refractivity contribution is 7.89. The lowest BCUT2D eigenvalue weighted by Crippen LogP contribution is -2.23. The van der Waals surface area contributed by atoms with Crippen molar-refractivity contribution in [2.75, 3.05) is 0 Å². The van der Waals surface area contributed by atoms with Crippen molar-refractivity contribution in [1.29, 1.82) is 0 Å². The lowest BCUT2D eigenvalue weighted by atomic mass is 10.2. The molecule has 0 atom stereocenters. The number of hydrogen-bond acceptors (Lipinski definition) is 3. The molecule has 1 heterocycles. The zero-order valence-corrected chi connectivity index (χ0v) is 12.3. The number of nitrogens with one attached hydrogen (secondary N) is 1. The van der Waals surface area contributed by atoms with E-state index in [1.165, 1.54) is 36.5 Å². The summed E-state index contributed by atoms with van der Waals surface area (Å²) in [5, 5.41) is -0.182. The zero-order chi connectivity index (χ0) is 14.8. The van der Waals surface area contributed by atoms with E-state index < -0.39 is 15.8 Å². The van der Waals surface area contributed by atoms with Gasteiger partial charge in [0.15, 0.2) is 0 Å². The normalized spacial score (nSPS) is 11.6. The van der Waals surface area contributed by atoms with Crippen LogP contribution in [-0.2, 0) is 16.6 Å². The Morgan fingerprint density at radius 2 is 2.00 bits per heavy atom. The van der Waals surface area contributed by atoms with Crippen LogP contribution in [0.4, 0.5) is 4.39 Å². The molecule has 0 bridgehead atoms. The number of nitrogens with zero attached hydrogens (tertiary/aromatic N) is 1. The second kappa shape index (κ2) is 6.05. The summed E-state index contributed by atoms with van der Waals surface area (Å²) in [6, 6.07) is 6.77. The van der Waals surface area contributed by atoms with Crippen LogP contribution in [0.25, 0.3) is 0 Å². The molecule has 0 saturated carbocycles. The topological polar surface area (TPSA) is 59.1 Å². The van der Waals surface area contributed by atoms with Gasteiger partial charge in [-0.15, -0.1) is 0 Å². The van der Waals surface area contributed by atoms with Crippen LogP contribution in [0.2, 0.25) is 10.2 Å². The molecular formula is C12H9Cl2FN2O2S. The summed E-state index contributed by atoms with van der Waals surface area (Å²) in [4.78, 5) is 3.59. The van der Waals surface area contributed by atoms with Crippen molar-refractivity contribution >= 4 is 33.2 Å². The van der Waals surface area contributed by atoms with Gasteiger partial charge in [-0.3, -0.25) is 0 Å². The van der Waals surface area contributed by atoms with Crippen molar-refractivity contribution in [2.45, 2.75) is 11.4 Å². The number of hydrogen-bond donors (Lipinski definition) is 1. The van der Waals surface area contributed by atoms with E-state index in [1.54, 1.807) is 0 Å². The predicted molar refractivity (Wildman–Crippen MR) is 74.7 cm³/mol. The molecule has 20 heavy (non-hydrogen) atoms. The van der Waals surface area contributed by atoms with Crippen molar-refractivity contribution in [3.63, 3.8) is 0 Å². The quantitative estimate of drug-likeness (QED) is 0.874. The minimum Gasteiger partial charge on any atom is -0.243 e. The minimum atomic E-state index is -3.79. The van der Waals surface area contributed by atoms with E-state index in [4.69, 9.17) is 23.2 Å². The summed E-state index contributed by atoms with van der Waals surface area (Å²) in [6.07, 6.45) is 1.39. The first-order valence-electron chi connectivity index (χ1n) is 5.44. The summed E-state index contributed by atoms with van der Waals surface area (Å²) in [5.74, 6) is -0.562. The molecule has 106 valence electrons. The molecule has 0 fully saturated rings. The van der Waals surface area contributed by atoms with E-state index in [0.29, 0.717) is 5.56 Å². The van der Waals surface area contributed by atoms with Crippen LogP contribution >= 0.6 is 23.2 Å². The van der Waals surface area contributed by atoms with Gasteiger partial charge in [0.05, 0.1) is 5.02 Å². The van der Waals surface area contributed by atoms with Crippen molar-refractivity contribution in [2.24, 2.45) is 0 Å². The van der Waals surface area contributed by atoms with Gasteiger partial charge in [-0.25, -0.2) is 22.5 Å². The molecule has 0 saturated heterocycles. The molecule has 8 heteroatoms. The molecule has 0 unspecified atom stereocenters. The third kappa shape index (κ3) is 3.46. The molecule has 0 amide bonds. The fourth-order valence-electron chi connectivity index (χ4n) is 1.48. The highest BCUT2D eigenvalue weighted by atomic mass is 35.5. The molecule has 0 radical (unpaired) electrons. The fraction of sp³-hybridized carbons (Fsp3) is 0.0833. The van der Waals surface area contributed by atoms with Gasteiger partial charge in [-0.2, -0.15) is 0 Å². The standard InChI is InChI=1S/C12H9Cl2FN2O2S/c13-9-6-8(3-4-10(9)15)7-17-20(18,19)11-2-1-5-16-12(11)14/h1-6,17H,7H2. The van der Waals surface area contributed by atoms with Gasteiger partial charge in [-0.05, 0) is 29.8 Å². The Labute approximate surface area is 125 Å². The maximum absolute atomic E-state index is 13.0. The van der Waals surface area contributed by atoms with E-state index >= 15 is 0 Å². The van der Waals surface area contributed by atoms with E-state index in [0.717, 1.165) is 0 Å². The molecule has 1 N–H and O–H groups in total. The summed E-state index contributed by atoms with van der Waals surface area (Å²) >= 11 is 11.4. The van der Waals surface area contributed by atoms with Crippen LogP contribution in [-0.4, -0.2) is 13.4 Å². The number of aromatic nitrogens is 1. The number of rotatable bonds is 4. The summed E-state index contributed by atoms with van der Waals surface area (Å²) < 4.78 is 39.4. The van der Waals surface area contributed by atoms with Gasteiger partial charge < -0.3 is 0 Å². The largest absolute Gasteiger partial charge is 0.243 e. The van der Waals surface area contributed by atoms with E-state index in [9.17, 15) is 12.8 Å². The van der Waals surface area contributed by atoms with Crippen LogP contribution in [0, 0.1) is 5.82 Å². The second-order valence-electron chi connectivity index (χ2n) is 3.87. The highest BCUT2D eigenvalue weighted by Gasteiger charge is 2.18. The average molecular weight is 335 g/mol. The van der Waals surface area contributed by atoms with Crippen LogP contribution < -0.4 is 4.72 Å². The molecule has 1 aromatic carbocycles. The monoisotopic (exact) mass is 334 g/mol. The van der Waals surface area contributed by atoms with Gasteiger partial charge >= 0.3 is 0 Å². The summed E-state index contributed by atoms with van der Waals surface area (Å²) in [5.41, 5.74) is 0.528. The fourth-order valence-corrected chi connectivity index (χ4v) is 3.15. The van der Waals surface area contributed by atoms with E-state index in [-0.39, 0.29) is 21.6 Å². The van der Waals surface area contributed by atoms with E-state index in [1.807, 2.05) is 0 Å². The van der Waals surface area contributed by atoms with Crippen molar-refractivity contribution in [1.82, 2.24) is 9.71 Å². The summed E-state index contributed by atoms with van der Waals surface area (Å²) in [7, 11) is -3.79. The second-order valence-corrected chi connectivity index (χ2v) is 6.37. The van der Waals surface area contributed by atoms with Crippen LogP contribution in [0.5, 0.6) is 0 Å². The van der Waals surface area contributed by atoms with Gasteiger partial charge in [0.25, 0.3) is 0 Å². The van der Waals surface area contributed by atoms with Gasteiger partial charge in [0.2, 0.25) is 10.0 Å². The number of pyridine rings is 1. The zero-order valence-electron chi connectivity index (χ0n) is 9.98. The maximum atomic E-state index is 13.0. The third-order valence-corrected chi connectivity index (χ3v) is 4.60. The van der Waals surface area contributed by atoms with Crippen molar-refractivity contribution in [3.05, 3.63) is 58.1 Å². The van der Waals surface area contributed by atoms with Crippen LogP contribution in [0.1, 0.15) is 5.56 Å². The molecule has 0 aliphatic carbocycles. The number of halogens is 3. The van der Waals surface area contributed by atoms with Gasteiger partial charge in [-0.1, -0.05) is 29.3 Å². The highest BCUT2D eigenvalue weighted by Crippen LogP contribution is 2.19. The Hall–Kier alpha value is -1.21. The maximum Gasteiger partial charge on any atom is 0.243 e. The summed E-state index contributed by atoms with van der Waals surface area (Å²) in [6.45, 7) is -0.0342. The van der Waals surface area contributed by atoms with Crippen LogP contribution in [0.15, 0.2) is 41.4 Å². The molecule has 1 aromatic heterocycles.